The maximum atomic E-state index is 12.8. The molecule has 0 radical (unpaired) electrons. The summed E-state index contributed by atoms with van der Waals surface area (Å²) in [5, 5.41) is 0. The molecule has 0 N–H and O–H groups in total. The monoisotopic (exact) mass is 1100 g/mol. The van der Waals surface area contributed by atoms with Crippen LogP contribution in [0.5, 0.6) is 0 Å². The molecule has 0 aliphatic heterocycles. The van der Waals surface area contributed by atoms with Crippen LogP contribution >= 0.6 is 7.82 Å². The fourth-order valence-corrected chi connectivity index (χ4v) is 9.28. The lowest BCUT2D eigenvalue weighted by Crippen LogP contribution is -2.37. The molecule has 2 unspecified atom stereocenters. The summed E-state index contributed by atoms with van der Waals surface area (Å²) in [4.78, 5) is 37.8. The van der Waals surface area contributed by atoms with Crippen LogP contribution in [0.4, 0.5) is 0 Å². The number of esters is 2. The maximum Gasteiger partial charge on any atom is 0.306 e. The molecule has 77 heavy (non-hydrogen) atoms. The van der Waals surface area contributed by atoms with Crippen molar-refractivity contribution < 1.29 is 42.1 Å². The average Bonchev–Trinajstić information content (AvgIpc) is 3.39. The van der Waals surface area contributed by atoms with Gasteiger partial charge in [0, 0.05) is 12.8 Å². The Morgan fingerprint density at radius 1 is 0.416 bits per heavy atom. The molecule has 0 aliphatic rings. The summed E-state index contributed by atoms with van der Waals surface area (Å²) in [6.45, 7) is 4.13. The van der Waals surface area contributed by atoms with Gasteiger partial charge >= 0.3 is 11.9 Å². The molecule has 0 bridgehead atoms. The molecule has 10 heteroatoms. The van der Waals surface area contributed by atoms with Crippen molar-refractivity contribution in [2.24, 2.45) is 0 Å². The number of hydrogen-bond donors (Lipinski definition) is 0. The predicted octanol–water partition coefficient (Wildman–Crippen LogP) is 19.4. The van der Waals surface area contributed by atoms with Gasteiger partial charge in [-0.15, -0.1) is 0 Å². The standard InChI is InChI=1S/C67H118NO8P/c1-6-8-10-12-14-16-18-20-21-22-23-24-25-26-27-28-29-30-31-32-33-34-35-36-37-38-39-40-41-42-43-44-45-46-47-48-50-52-54-56-58-60-67(70)76-65(64-75-77(71,72)74-62-61-68(3,4)5)63-73-66(69)59-57-55-53-51-49-19-17-15-13-11-9-7-2/h8,10,14,16,20-21,23-24,26-27,29-30,32-33,35-36,65H,6-7,9,11-13,15,17-19,22,25,28,31,34,37-64H2,1-5H3/b10-8-,16-14-,21-20-,24-23-,27-26-,30-29-,33-32-,36-35-. The molecule has 0 aromatic heterocycles. The van der Waals surface area contributed by atoms with Gasteiger partial charge in [0.05, 0.1) is 27.7 Å². The number of phosphoric acid groups is 1. The van der Waals surface area contributed by atoms with Gasteiger partial charge in [-0.2, -0.15) is 0 Å². The van der Waals surface area contributed by atoms with E-state index in [0.717, 1.165) is 89.9 Å². The molecule has 0 amide bonds. The number of hydrogen-bond acceptors (Lipinski definition) is 8. The number of unbranched alkanes of at least 4 members (excludes halogenated alkanes) is 27. The molecule has 0 fully saturated rings. The molecule has 0 aromatic carbocycles. The highest BCUT2D eigenvalue weighted by atomic mass is 31.2. The molecule has 9 nitrogen and oxygen atoms in total. The van der Waals surface area contributed by atoms with E-state index in [2.05, 4.69) is 111 Å². The summed E-state index contributed by atoms with van der Waals surface area (Å²) in [6, 6.07) is 0. The molecule has 0 saturated heterocycles. The van der Waals surface area contributed by atoms with E-state index in [1.807, 2.05) is 21.1 Å². The van der Waals surface area contributed by atoms with Crippen molar-refractivity contribution in [1.29, 1.82) is 0 Å². The lowest BCUT2D eigenvalue weighted by atomic mass is 10.0. The topological polar surface area (TPSA) is 111 Å². The highest BCUT2D eigenvalue weighted by Crippen LogP contribution is 2.38. The smallest absolute Gasteiger partial charge is 0.306 e. The van der Waals surface area contributed by atoms with Crippen LogP contribution in [0.2, 0.25) is 0 Å². The van der Waals surface area contributed by atoms with Gasteiger partial charge in [0.2, 0.25) is 0 Å². The second-order valence-electron chi connectivity index (χ2n) is 22.0. The predicted molar refractivity (Wildman–Crippen MR) is 328 cm³/mol. The van der Waals surface area contributed by atoms with Crippen LogP contribution in [-0.4, -0.2) is 70.0 Å². The molecule has 0 spiro atoms. The molecule has 0 rings (SSSR count). The lowest BCUT2D eigenvalue weighted by molar-refractivity contribution is -0.870. The Balaban J connectivity index is 3.95. The summed E-state index contributed by atoms with van der Waals surface area (Å²) < 4.78 is 34.1. The Morgan fingerprint density at radius 2 is 0.740 bits per heavy atom. The second-order valence-corrected chi connectivity index (χ2v) is 23.5. The van der Waals surface area contributed by atoms with Gasteiger partial charge in [0.25, 0.3) is 7.82 Å². The lowest BCUT2D eigenvalue weighted by Gasteiger charge is -2.28. The van der Waals surface area contributed by atoms with E-state index in [-0.39, 0.29) is 32.0 Å². The first kappa shape index (κ1) is 73.9. The summed E-state index contributed by atoms with van der Waals surface area (Å²) in [5.74, 6) is -0.828. The first-order valence-electron chi connectivity index (χ1n) is 31.4. The Morgan fingerprint density at radius 3 is 1.10 bits per heavy atom. The Labute approximate surface area is 474 Å². The van der Waals surface area contributed by atoms with E-state index >= 15 is 0 Å². The summed E-state index contributed by atoms with van der Waals surface area (Å²) in [7, 11) is 1.17. The number of phosphoric ester groups is 1. The molecule has 0 aliphatic carbocycles. The van der Waals surface area contributed by atoms with Crippen LogP contribution in [0.15, 0.2) is 97.2 Å². The van der Waals surface area contributed by atoms with Crippen LogP contribution in [0.25, 0.3) is 0 Å². The van der Waals surface area contributed by atoms with Crippen molar-refractivity contribution in [2.45, 2.75) is 270 Å². The first-order valence-corrected chi connectivity index (χ1v) is 32.9. The minimum atomic E-state index is -4.63. The number of allylic oxidation sites excluding steroid dienone is 16. The summed E-state index contributed by atoms with van der Waals surface area (Å²) >= 11 is 0. The highest BCUT2D eigenvalue weighted by molar-refractivity contribution is 7.45. The number of carbonyl (C=O) groups excluding carboxylic acids is 2. The largest absolute Gasteiger partial charge is 0.756 e. The van der Waals surface area contributed by atoms with Gasteiger partial charge in [0.1, 0.15) is 19.8 Å². The van der Waals surface area contributed by atoms with E-state index in [1.54, 1.807) is 0 Å². The number of rotatable bonds is 57. The van der Waals surface area contributed by atoms with Crippen LogP contribution in [0.1, 0.15) is 264 Å². The Bertz CT molecular complexity index is 1620. The zero-order chi connectivity index (χ0) is 56.3. The van der Waals surface area contributed by atoms with E-state index < -0.39 is 26.5 Å². The highest BCUT2D eigenvalue weighted by Gasteiger charge is 2.22. The Hall–Kier alpha value is -3.07. The van der Waals surface area contributed by atoms with Gasteiger partial charge in [0.15, 0.2) is 6.10 Å². The number of likely N-dealkylation sites (N-methyl/N-ethyl adjacent to an activating group) is 1. The molecular formula is C67H118NO8P. The average molecular weight is 1100 g/mol. The van der Waals surface area contributed by atoms with Crippen molar-refractivity contribution in [3.8, 4) is 0 Å². The van der Waals surface area contributed by atoms with Crippen molar-refractivity contribution >= 4 is 19.8 Å². The van der Waals surface area contributed by atoms with Gasteiger partial charge in [-0.05, 0) is 77.0 Å². The van der Waals surface area contributed by atoms with E-state index in [1.165, 1.54) is 141 Å². The Kier molecular flexibility index (Phi) is 55.3. The van der Waals surface area contributed by atoms with Crippen LogP contribution < -0.4 is 4.89 Å². The van der Waals surface area contributed by atoms with Crippen molar-refractivity contribution in [2.75, 3.05) is 47.5 Å². The molecule has 0 aromatic rings. The van der Waals surface area contributed by atoms with Crippen molar-refractivity contribution in [1.82, 2.24) is 0 Å². The molecule has 0 heterocycles. The van der Waals surface area contributed by atoms with Gasteiger partial charge in [-0.25, -0.2) is 0 Å². The summed E-state index contributed by atoms with van der Waals surface area (Å²) in [6.07, 6.45) is 79.1. The molecule has 444 valence electrons. The third-order valence-electron chi connectivity index (χ3n) is 13.4. The third kappa shape index (κ3) is 62.0. The van der Waals surface area contributed by atoms with Crippen LogP contribution in [0.3, 0.4) is 0 Å². The third-order valence-corrected chi connectivity index (χ3v) is 14.3. The van der Waals surface area contributed by atoms with Crippen LogP contribution in [-0.2, 0) is 32.7 Å². The zero-order valence-electron chi connectivity index (χ0n) is 50.4. The number of quaternary nitrogens is 1. The van der Waals surface area contributed by atoms with Crippen LogP contribution in [0, 0.1) is 0 Å². The quantitative estimate of drug-likeness (QED) is 0.0195. The van der Waals surface area contributed by atoms with Gasteiger partial charge < -0.3 is 27.9 Å². The molecule has 2 atom stereocenters. The van der Waals surface area contributed by atoms with Gasteiger partial charge in [-0.1, -0.05) is 272 Å². The van der Waals surface area contributed by atoms with E-state index in [4.69, 9.17) is 18.5 Å². The first-order chi connectivity index (χ1) is 37.5. The normalized spacial score (nSPS) is 13.9. The van der Waals surface area contributed by atoms with Crippen molar-refractivity contribution in [3.05, 3.63) is 97.2 Å². The zero-order valence-corrected chi connectivity index (χ0v) is 51.3. The SMILES string of the molecule is CC/C=C\C/C=C\C/C=C\C/C=C\C/C=C\C/C=C\C/C=C\C/C=C\CCCCCCCCCCCCCCCCCCC(=O)OC(COC(=O)CCCCCCCCCCCCCC)COP(=O)([O-])OCC[N+](C)(C)C. The number of ether oxygens (including phenoxy) is 2. The van der Waals surface area contributed by atoms with Gasteiger partial charge in [-0.3, -0.25) is 14.2 Å². The number of nitrogens with zero attached hydrogens (tertiary/aromatic N) is 1. The van der Waals surface area contributed by atoms with E-state index in [0.29, 0.717) is 17.4 Å². The minimum Gasteiger partial charge on any atom is -0.756 e. The minimum absolute atomic E-state index is 0.0314. The van der Waals surface area contributed by atoms with E-state index in [9.17, 15) is 19.0 Å². The second kappa shape index (κ2) is 57.6. The molecule has 0 saturated carbocycles. The molecular weight excluding hydrogens is 978 g/mol. The van der Waals surface area contributed by atoms with Crippen molar-refractivity contribution in [3.63, 3.8) is 0 Å². The fourth-order valence-electron chi connectivity index (χ4n) is 8.56. The number of carbonyl (C=O) groups is 2. The summed E-state index contributed by atoms with van der Waals surface area (Å²) in [5.41, 5.74) is 0. The maximum absolute atomic E-state index is 12.8. The fraction of sp³-hybridized carbons (Fsp3) is 0.731.